The predicted molar refractivity (Wildman–Crippen MR) is 92.0 cm³/mol. The highest BCUT2D eigenvalue weighted by Gasteiger charge is 2.30. The fourth-order valence-electron chi connectivity index (χ4n) is 2.38. The van der Waals surface area contributed by atoms with Crippen LogP contribution in [0.4, 0.5) is 17.6 Å². The third-order valence-corrected chi connectivity index (χ3v) is 3.65. The molecule has 0 unspecified atom stereocenters. The predicted octanol–water partition coefficient (Wildman–Crippen LogP) is 4.80. The largest absolute Gasteiger partial charge is 0.454 e. The Morgan fingerprint density at radius 1 is 1.04 bits per heavy atom. The molecular formula is C18H16ClF4NO2. The Balaban J connectivity index is 0.00000243. The molecule has 0 saturated heterocycles. The summed E-state index contributed by atoms with van der Waals surface area (Å²) >= 11 is 0. The molecule has 0 bridgehead atoms. The first-order chi connectivity index (χ1) is 11.9. The van der Waals surface area contributed by atoms with E-state index in [4.69, 9.17) is 9.47 Å². The number of nitrogens with one attached hydrogen (secondary N) is 1. The molecule has 0 aromatic heterocycles. The molecule has 2 aromatic carbocycles. The molecule has 1 aliphatic rings. The topological polar surface area (TPSA) is 30.5 Å². The molecule has 1 N–H and O–H groups in total. The number of rotatable bonds is 5. The van der Waals surface area contributed by atoms with E-state index in [-0.39, 0.29) is 24.8 Å². The van der Waals surface area contributed by atoms with Gasteiger partial charge >= 0.3 is 6.18 Å². The Bertz CT molecular complexity index is 793. The Kier molecular flexibility index (Phi) is 6.50. The van der Waals surface area contributed by atoms with Gasteiger partial charge in [0, 0.05) is 18.7 Å². The van der Waals surface area contributed by atoms with Crippen molar-refractivity contribution in [3.8, 4) is 11.5 Å². The van der Waals surface area contributed by atoms with E-state index in [1.165, 1.54) is 6.08 Å². The van der Waals surface area contributed by atoms with E-state index in [9.17, 15) is 17.6 Å². The van der Waals surface area contributed by atoms with E-state index in [1.54, 1.807) is 6.08 Å². The highest BCUT2D eigenvalue weighted by molar-refractivity contribution is 5.85. The average Bonchev–Trinajstić information content (AvgIpc) is 3.02. The average molecular weight is 390 g/mol. The zero-order valence-corrected chi connectivity index (χ0v) is 14.3. The molecule has 2 aromatic rings. The van der Waals surface area contributed by atoms with E-state index < -0.39 is 17.6 Å². The van der Waals surface area contributed by atoms with E-state index in [1.807, 2.05) is 18.2 Å². The summed E-state index contributed by atoms with van der Waals surface area (Å²) in [5.41, 5.74) is 0.110. The number of benzene rings is 2. The summed E-state index contributed by atoms with van der Waals surface area (Å²) < 4.78 is 61.7. The molecule has 0 saturated carbocycles. The van der Waals surface area contributed by atoms with Crippen LogP contribution >= 0.6 is 12.4 Å². The molecule has 0 fully saturated rings. The Morgan fingerprint density at radius 2 is 1.81 bits per heavy atom. The summed E-state index contributed by atoms with van der Waals surface area (Å²) in [6.45, 7) is 1.22. The zero-order chi connectivity index (χ0) is 17.9. The first-order valence-corrected chi connectivity index (χ1v) is 7.56. The number of alkyl halides is 3. The van der Waals surface area contributed by atoms with Crippen molar-refractivity contribution in [3.63, 3.8) is 0 Å². The first kappa shape index (κ1) is 20.1. The van der Waals surface area contributed by atoms with Crippen LogP contribution in [0.5, 0.6) is 11.5 Å². The van der Waals surface area contributed by atoms with Crippen molar-refractivity contribution in [2.24, 2.45) is 0 Å². The number of fused-ring (bicyclic) bond motifs is 1. The first-order valence-electron chi connectivity index (χ1n) is 7.56. The minimum atomic E-state index is -4.55. The van der Waals surface area contributed by atoms with Crippen LogP contribution in [0.25, 0.3) is 6.08 Å². The minimum absolute atomic E-state index is 0. The molecule has 0 amide bonds. The second-order valence-electron chi connectivity index (χ2n) is 5.45. The van der Waals surface area contributed by atoms with Crippen LogP contribution in [0.3, 0.4) is 0 Å². The van der Waals surface area contributed by atoms with Crippen LogP contribution in [0.15, 0.2) is 42.5 Å². The van der Waals surface area contributed by atoms with E-state index in [0.29, 0.717) is 30.7 Å². The van der Waals surface area contributed by atoms with Crippen LogP contribution in [0, 0.1) is 5.82 Å². The van der Waals surface area contributed by atoms with Gasteiger partial charge in [-0.3, -0.25) is 0 Å². The van der Waals surface area contributed by atoms with E-state index >= 15 is 0 Å². The van der Waals surface area contributed by atoms with Crippen molar-refractivity contribution in [2.75, 3.05) is 13.3 Å². The van der Waals surface area contributed by atoms with Crippen LogP contribution in [0.1, 0.15) is 16.7 Å². The van der Waals surface area contributed by atoms with Crippen molar-refractivity contribution in [1.29, 1.82) is 0 Å². The molecule has 26 heavy (non-hydrogen) atoms. The third kappa shape index (κ3) is 4.89. The molecule has 0 aliphatic carbocycles. The fraction of sp³-hybridized carbons (Fsp3) is 0.222. The normalized spacial score (nSPS) is 13.1. The van der Waals surface area contributed by atoms with Gasteiger partial charge in [-0.05, 0) is 29.8 Å². The lowest BCUT2D eigenvalue weighted by Crippen LogP contribution is -2.12. The molecule has 3 rings (SSSR count). The Hall–Kier alpha value is -2.25. The second kappa shape index (κ2) is 8.42. The maximum Gasteiger partial charge on any atom is 0.416 e. The highest BCUT2D eigenvalue weighted by Crippen LogP contribution is 2.32. The van der Waals surface area contributed by atoms with Gasteiger partial charge in [0.1, 0.15) is 5.82 Å². The molecule has 1 aliphatic heterocycles. The van der Waals surface area contributed by atoms with Crippen molar-refractivity contribution in [3.05, 3.63) is 65.0 Å². The molecule has 0 atom stereocenters. The highest BCUT2D eigenvalue weighted by atomic mass is 35.5. The summed E-state index contributed by atoms with van der Waals surface area (Å²) in [4.78, 5) is 0. The maximum atomic E-state index is 13.7. The number of halogens is 5. The van der Waals surface area contributed by atoms with Gasteiger partial charge in [-0.1, -0.05) is 24.3 Å². The van der Waals surface area contributed by atoms with Gasteiger partial charge in [0.15, 0.2) is 11.5 Å². The minimum Gasteiger partial charge on any atom is -0.454 e. The molecule has 8 heteroatoms. The molecular weight excluding hydrogens is 374 g/mol. The third-order valence-electron chi connectivity index (χ3n) is 3.65. The van der Waals surface area contributed by atoms with Gasteiger partial charge in [-0.25, -0.2) is 4.39 Å². The Labute approximate surface area is 154 Å². The van der Waals surface area contributed by atoms with Crippen molar-refractivity contribution >= 4 is 18.5 Å². The summed E-state index contributed by atoms with van der Waals surface area (Å²) in [6.07, 6.45) is -1.45. The van der Waals surface area contributed by atoms with E-state index in [0.717, 1.165) is 17.7 Å². The van der Waals surface area contributed by atoms with Gasteiger partial charge in [0.05, 0.1) is 5.56 Å². The monoisotopic (exact) mass is 389 g/mol. The molecule has 0 radical (unpaired) electrons. The van der Waals surface area contributed by atoms with E-state index in [2.05, 4.69) is 5.32 Å². The summed E-state index contributed by atoms with van der Waals surface area (Å²) in [6, 6.07) is 8.08. The molecule has 0 spiro atoms. The number of hydrogen-bond donors (Lipinski definition) is 1. The fourth-order valence-corrected chi connectivity index (χ4v) is 2.38. The molecule has 140 valence electrons. The maximum absolute atomic E-state index is 13.7. The lowest BCUT2D eigenvalue weighted by atomic mass is 10.1. The van der Waals surface area contributed by atoms with Gasteiger partial charge in [-0.2, -0.15) is 13.2 Å². The SMILES string of the molecule is Cl.Fc1cc(C(F)(F)F)ccc1/C=C/CNCc1ccc2c(c1)OCO2. The zero-order valence-electron chi connectivity index (χ0n) is 13.5. The standard InChI is InChI=1S/C18H15F4NO2.ClH/c19-15-9-14(18(20,21)22)5-4-13(15)2-1-7-23-10-12-3-6-16-17(8-12)25-11-24-16;/h1-6,8-9,23H,7,10-11H2;1H/b2-1+;. The molecule has 1 heterocycles. The van der Waals surface area contributed by atoms with Crippen LogP contribution < -0.4 is 14.8 Å². The quantitative estimate of drug-likeness (QED) is 0.588. The smallest absolute Gasteiger partial charge is 0.416 e. The van der Waals surface area contributed by atoms with Crippen LogP contribution in [-0.2, 0) is 12.7 Å². The lowest BCUT2D eigenvalue weighted by Gasteiger charge is -2.07. The Morgan fingerprint density at radius 3 is 2.54 bits per heavy atom. The van der Waals surface area contributed by atoms with Gasteiger partial charge in [0.2, 0.25) is 6.79 Å². The van der Waals surface area contributed by atoms with Gasteiger partial charge < -0.3 is 14.8 Å². The van der Waals surface area contributed by atoms with Crippen LogP contribution in [0.2, 0.25) is 0 Å². The van der Waals surface area contributed by atoms with Crippen molar-refractivity contribution in [1.82, 2.24) is 5.32 Å². The van der Waals surface area contributed by atoms with Gasteiger partial charge in [0.25, 0.3) is 0 Å². The molecule has 3 nitrogen and oxygen atoms in total. The van der Waals surface area contributed by atoms with Crippen LogP contribution in [-0.4, -0.2) is 13.3 Å². The van der Waals surface area contributed by atoms with Gasteiger partial charge in [-0.15, -0.1) is 12.4 Å². The lowest BCUT2D eigenvalue weighted by molar-refractivity contribution is -0.137. The number of hydrogen-bond acceptors (Lipinski definition) is 3. The van der Waals surface area contributed by atoms with Crippen molar-refractivity contribution < 1.29 is 27.0 Å². The van der Waals surface area contributed by atoms with Crippen molar-refractivity contribution in [2.45, 2.75) is 12.7 Å². The number of ether oxygens (including phenoxy) is 2. The summed E-state index contributed by atoms with van der Waals surface area (Å²) in [5.74, 6) is 0.505. The summed E-state index contributed by atoms with van der Waals surface area (Å²) in [5, 5.41) is 3.13. The second-order valence-corrected chi connectivity index (χ2v) is 5.45. The summed E-state index contributed by atoms with van der Waals surface area (Å²) in [7, 11) is 0.